The van der Waals surface area contributed by atoms with Crippen LogP contribution in [0.3, 0.4) is 0 Å². The van der Waals surface area contributed by atoms with Crippen LogP contribution >= 0.6 is 24.8 Å². The molecular formula is C16H24Cl2N2O4. The van der Waals surface area contributed by atoms with E-state index in [1.807, 2.05) is 30.3 Å². The normalized spacial score (nSPS) is 20.3. The van der Waals surface area contributed by atoms with Crippen LogP contribution in [0.1, 0.15) is 24.8 Å². The Morgan fingerprint density at radius 2 is 1.83 bits per heavy atom. The zero-order valence-corrected chi connectivity index (χ0v) is 15.6. The van der Waals surface area contributed by atoms with Crippen molar-refractivity contribution in [3.63, 3.8) is 0 Å². The lowest BCUT2D eigenvalue weighted by Crippen LogP contribution is -2.39. The van der Waals surface area contributed by atoms with Crippen molar-refractivity contribution in [1.82, 2.24) is 10.2 Å². The number of hydrogen-bond acceptors (Lipinski definition) is 5. The van der Waals surface area contributed by atoms with Crippen LogP contribution in [0.4, 0.5) is 0 Å². The van der Waals surface area contributed by atoms with Gasteiger partial charge in [0.15, 0.2) is 0 Å². The minimum absolute atomic E-state index is 0. The number of halogens is 2. The minimum Gasteiger partial charge on any atom is -0.347 e. The molecule has 1 aliphatic rings. The van der Waals surface area contributed by atoms with E-state index in [4.69, 9.17) is 9.78 Å². The van der Waals surface area contributed by atoms with E-state index >= 15 is 0 Å². The van der Waals surface area contributed by atoms with Crippen LogP contribution in [0.5, 0.6) is 0 Å². The number of hydrogen-bond donors (Lipinski definition) is 1. The molecule has 0 saturated carbocycles. The molecule has 1 amide bonds. The monoisotopic (exact) mass is 378 g/mol. The lowest BCUT2D eigenvalue weighted by Gasteiger charge is -2.16. The smallest absolute Gasteiger partial charge is 0.347 e. The largest absolute Gasteiger partial charge is 0.349 e. The summed E-state index contributed by atoms with van der Waals surface area (Å²) in [4.78, 5) is 35.4. The number of nitrogens with one attached hydrogen (secondary N) is 1. The van der Waals surface area contributed by atoms with Crippen LogP contribution in [0.2, 0.25) is 0 Å². The van der Waals surface area contributed by atoms with Gasteiger partial charge in [-0.2, -0.15) is 4.89 Å². The van der Waals surface area contributed by atoms with Crippen molar-refractivity contribution < 1.29 is 19.4 Å². The van der Waals surface area contributed by atoms with Crippen LogP contribution in [-0.2, 0) is 19.4 Å². The van der Waals surface area contributed by atoms with E-state index < -0.39 is 11.9 Å². The van der Waals surface area contributed by atoms with Gasteiger partial charge in [0.2, 0.25) is 5.91 Å². The molecule has 0 bridgehead atoms. The average molecular weight is 379 g/mol. The molecule has 1 aliphatic heterocycles. The molecule has 1 aromatic rings. The van der Waals surface area contributed by atoms with E-state index in [0.717, 1.165) is 5.56 Å². The maximum absolute atomic E-state index is 12.0. The molecule has 136 valence electrons. The van der Waals surface area contributed by atoms with Gasteiger partial charge in [-0.05, 0) is 12.5 Å². The molecule has 3 atom stereocenters. The lowest BCUT2D eigenvalue weighted by molar-refractivity contribution is -0.295. The van der Waals surface area contributed by atoms with Gasteiger partial charge in [0.05, 0.1) is 12.0 Å². The highest BCUT2D eigenvalue weighted by Crippen LogP contribution is 2.18. The molecule has 1 aromatic carbocycles. The molecule has 8 heteroatoms. The Bertz CT molecular complexity index is 528. The third-order valence-electron chi connectivity index (χ3n) is 3.75. The fraction of sp³-hybridized carbons (Fsp3) is 0.500. The summed E-state index contributed by atoms with van der Waals surface area (Å²) in [5.41, 5.74) is 0.876. The number of carbonyl (C=O) groups is 2. The quantitative estimate of drug-likeness (QED) is 0.626. The number of nitrogens with zero attached hydrogens (tertiary/aromatic N) is 1. The second-order valence-corrected chi connectivity index (χ2v) is 5.68. The molecule has 24 heavy (non-hydrogen) atoms. The van der Waals surface area contributed by atoms with Crippen LogP contribution in [0.25, 0.3) is 0 Å². The van der Waals surface area contributed by atoms with Crippen molar-refractivity contribution >= 4 is 36.7 Å². The predicted molar refractivity (Wildman–Crippen MR) is 95.4 cm³/mol. The Balaban J connectivity index is 0.00000264. The fourth-order valence-corrected chi connectivity index (χ4v) is 2.34. The first-order chi connectivity index (χ1) is 10.5. The molecule has 0 aromatic heterocycles. The number of benzene rings is 1. The highest BCUT2D eigenvalue weighted by molar-refractivity contribution is 5.85. The van der Waals surface area contributed by atoms with Crippen molar-refractivity contribution in [2.45, 2.75) is 31.4 Å². The topological polar surface area (TPSA) is 67.9 Å². The summed E-state index contributed by atoms with van der Waals surface area (Å²) in [6, 6.07) is 9.09. The number of likely N-dealkylation sites (N-methyl/N-ethyl adjacent to an activating group) is 1. The predicted octanol–water partition coefficient (Wildman–Crippen LogP) is 1.93. The zero-order valence-electron chi connectivity index (χ0n) is 13.9. The minimum atomic E-state index is -0.436. The lowest BCUT2D eigenvalue weighted by atomic mass is 10.0. The summed E-state index contributed by atoms with van der Waals surface area (Å²) in [6.07, 6.45) is 0.185. The standard InChI is InChI=1S/C16H22N2O4.2ClH/c1-11(12-7-5-4-6-8-12)16(20)22-21-13-9-14(17-10-13)15(19)18(2)3;;/h4-8,11,13-14,17H,9-10H2,1-3H3;2*1H/t11?,13-,14-;;/m0../s1. The molecule has 6 nitrogen and oxygen atoms in total. The first-order valence-electron chi connectivity index (χ1n) is 7.35. The number of carbonyl (C=O) groups excluding carboxylic acids is 2. The molecule has 0 radical (unpaired) electrons. The van der Waals surface area contributed by atoms with Gasteiger partial charge in [0.1, 0.15) is 6.10 Å². The van der Waals surface area contributed by atoms with Gasteiger partial charge >= 0.3 is 5.97 Å². The maximum atomic E-state index is 12.0. The van der Waals surface area contributed by atoms with Gasteiger partial charge in [-0.25, -0.2) is 4.79 Å². The van der Waals surface area contributed by atoms with E-state index in [1.54, 1.807) is 21.0 Å². The van der Waals surface area contributed by atoms with Crippen molar-refractivity contribution in [1.29, 1.82) is 0 Å². The van der Waals surface area contributed by atoms with E-state index in [0.29, 0.717) is 13.0 Å². The molecule has 1 N–H and O–H groups in total. The van der Waals surface area contributed by atoms with Crippen molar-refractivity contribution in [2.75, 3.05) is 20.6 Å². The van der Waals surface area contributed by atoms with Gasteiger partial charge in [-0.1, -0.05) is 30.3 Å². The Hall–Kier alpha value is -1.34. The molecule has 1 unspecified atom stereocenters. The van der Waals surface area contributed by atoms with Crippen molar-refractivity contribution in [3.05, 3.63) is 35.9 Å². The SMILES string of the molecule is CC(C(=O)OO[C@@H]1CN[C@H](C(=O)N(C)C)C1)c1ccccc1.Cl.Cl. The van der Waals surface area contributed by atoms with E-state index in [-0.39, 0.29) is 42.9 Å². The number of amides is 1. The number of rotatable bonds is 5. The highest BCUT2D eigenvalue weighted by atomic mass is 35.5. The highest BCUT2D eigenvalue weighted by Gasteiger charge is 2.32. The summed E-state index contributed by atoms with van der Waals surface area (Å²) in [5.74, 6) is -0.835. The third-order valence-corrected chi connectivity index (χ3v) is 3.75. The van der Waals surface area contributed by atoms with E-state index in [2.05, 4.69) is 5.32 Å². The summed E-state index contributed by atoms with van der Waals surface area (Å²) in [6.45, 7) is 2.25. The summed E-state index contributed by atoms with van der Waals surface area (Å²) < 4.78 is 0. The van der Waals surface area contributed by atoms with Gasteiger partial charge in [0.25, 0.3) is 0 Å². The fourth-order valence-electron chi connectivity index (χ4n) is 2.34. The molecule has 1 heterocycles. The van der Waals surface area contributed by atoms with Crippen LogP contribution in [-0.4, -0.2) is 49.6 Å². The van der Waals surface area contributed by atoms with Crippen LogP contribution in [0, 0.1) is 0 Å². The van der Waals surface area contributed by atoms with Gasteiger partial charge in [0, 0.05) is 27.1 Å². The van der Waals surface area contributed by atoms with Crippen LogP contribution < -0.4 is 5.32 Å². The molecule has 0 aliphatic carbocycles. The maximum Gasteiger partial charge on any atom is 0.349 e. The molecule has 1 fully saturated rings. The van der Waals surface area contributed by atoms with E-state index in [9.17, 15) is 9.59 Å². The van der Waals surface area contributed by atoms with Crippen LogP contribution in [0.15, 0.2) is 30.3 Å². The van der Waals surface area contributed by atoms with Gasteiger partial charge < -0.3 is 10.2 Å². The first kappa shape index (κ1) is 22.7. The van der Waals surface area contributed by atoms with Crippen molar-refractivity contribution in [2.24, 2.45) is 0 Å². The molecular weight excluding hydrogens is 355 g/mol. The Morgan fingerprint density at radius 3 is 2.42 bits per heavy atom. The van der Waals surface area contributed by atoms with Gasteiger partial charge in [-0.15, -0.1) is 24.8 Å². The van der Waals surface area contributed by atoms with Gasteiger partial charge in [-0.3, -0.25) is 9.68 Å². The second kappa shape index (κ2) is 10.5. The Labute approximate surface area is 154 Å². The average Bonchev–Trinajstić information content (AvgIpc) is 3.00. The zero-order chi connectivity index (χ0) is 16.1. The first-order valence-corrected chi connectivity index (χ1v) is 7.35. The summed E-state index contributed by atoms with van der Waals surface area (Å²) in [5, 5.41) is 3.06. The second-order valence-electron chi connectivity index (χ2n) is 5.68. The molecule has 2 rings (SSSR count). The summed E-state index contributed by atoms with van der Waals surface area (Å²) >= 11 is 0. The molecule has 0 spiro atoms. The van der Waals surface area contributed by atoms with E-state index in [1.165, 1.54) is 4.90 Å². The molecule has 1 saturated heterocycles. The summed E-state index contributed by atoms with van der Waals surface area (Å²) in [7, 11) is 3.42. The third kappa shape index (κ3) is 5.94. The van der Waals surface area contributed by atoms with Crippen molar-refractivity contribution in [3.8, 4) is 0 Å². The Kier molecular flexibility index (Phi) is 9.92. The Morgan fingerprint density at radius 1 is 1.21 bits per heavy atom.